The first-order valence-corrected chi connectivity index (χ1v) is 4.30. The van der Waals surface area contributed by atoms with E-state index in [1.807, 2.05) is 0 Å². The third kappa shape index (κ3) is 0.680. The van der Waals surface area contributed by atoms with Gasteiger partial charge in [-0.15, -0.1) is 0 Å². The third-order valence-corrected chi connectivity index (χ3v) is 3.41. The van der Waals surface area contributed by atoms with Crippen LogP contribution in [0.2, 0.25) is 0 Å². The summed E-state index contributed by atoms with van der Waals surface area (Å²) in [4.78, 5) is 0. The van der Waals surface area contributed by atoms with Crippen LogP contribution in [0.25, 0.3) is 0 Å². The molecule has 1 fully saturated rings. The van der Waals surface area contributed by atoms with Gasteiger partial charge >= 0.3 is 0 Å². The van der Waals surface area contributed by atoms with E-state index in [0.29, 0.717) is 5.41 Å². The van der Waals surface area contributed by atoms with Gasteiger partial charge in [0.05, 0.1) is 0 Å². The second kappa shape index (κ2) is 1.66. The maximum atomic E-state index is 2.43. The minimum absolute atomic E-state index is 0.640. The number of hydrogen-bond acceptors (Lipinski definition) is 0. The van der Waals surface area contributed by atoms with Gasteiger partial charge in [-0.3, -0.25) is 0 Å². The Morgan fingerprint density at radius 1 is 1.30 bits per heavy atom. The van der Waals surface area contributed by atoms with E-state index in [1.54, 1.807) is 0 Å². The molecule has 56 valence electrons. The van der Waals surface area contributed by atoms with Gasteiger partial charge in [-0.25, -0.2) is 0 Å². The van der Waals surface area contributed by atoms with Gasteiger partial charge in [-0.1, -0.05) is 32.9 Å². The maximum Gasteiger partial charge on any atom is -0.0145 e. The second-order valence-electron chi connectivity index (χ2n) is 4.55. The maximum absolute atomic E-state index is 2.43. The second-order valence-corrected chi connectivity index (χ2v) is 4.55. The fourth-order valence-electron chi connectivity index (χ4n) is 2.41. The Hall–Kier alpha value is -0.260. The average molecular weight is 136 g/mol. The van der Waals surface area contributed by atoms with Crippen molar-refractivity contribution in [2.45, 2.75) is 27.2 Å². The van der Waals surface area contributed by atoms with Gasteiger partial charge < -0.3 is 0 Å². The SMILES string of the molecule is C[C@H]1C=C[C@H]2[C@H](C1)C2(C)C. The molecular formula is C10H16. The van der Waals surface area contributed by atoms with Crippen LogP contribution < -0.4 is 0 Å². The zero-order valence-corrected chi connectivity index (χ0v) is 7.09. The van der Waals surface area contributed by atoms with E-state index < -0.39 is 0 Å². The van der Waals surface area contributed by atoms with Crippen LogP contribution in [0, 0.1) is 23.2 Å². The molecular weight excluding hydrogens is 120 g/mol. The number of allylic oxidation sites excluding steroid dienone is 2. The first kappa shape index (κ1) is 6.45. The van der Waals surface area contributed by atoms with Crippen LogP contribution in [-0.4, -0.2) is 0 Å². The molecule has 2 rings (SSSR count). The molecule has 2 aliphatic carbocycles. The number of fused-ring (bicyclic) bond motifs is 1. The van der Waals surface area contributed by atoms with Crippen molar-refractivity contribution >= 4 is 0 Å². The van der Waals surface area contributed by atoms with Crippen molar-refractivity contribution in [1.82, 2.24) is 0 Å². The zero-order chi connectivity index (χ0) is 7.35. The van der Waals surface area contributed by atoms with Crippen molar-refractivity contribution in [2.75, 3.05) is 0 Å². The molecule has 0 unspecified atom stereocenters. The average Bonchev–Trinajstić information content (AvgIpc) is 2.36. The molecule has 0 spiro atoms. The summed E-state index contributed by atoms with van der Waals surface area (Å²) < 4.78 is 0. The molecule has 0 heterocycles. The first-order valence-electron chi connectivity index (χ1n) is 4.30. The summed E-state index contributed by atoms with van der Waals surface area (Å²) in [5, 5.41) is 0. The van der Waals surface area contributed by atoms with Crippen molar-refractivity contribution in [1.29, 1.82) is 0 Å². The number of rotatable bonds is 0. The molecule has 0 aromatic heterocycles. The Morgan fingerprint density at radius 2 is 2.00 bits per heavy atom. The van der Waals surface area contributed by atoms with Crippen LogP contribution in [0.3, 0.4) is 0 Å². The monoisotopic (exact) mass is 136 g/mol. The predicted molar refractivity (Wildman–Crippen MR) is 43.7 cm³/mol. The van der Waals surface area contributed by atoms with Crippen LogP contribution >= 0.6 is 0 Å². The molecule has 2 aliphatic rings. The molecule has 0 heteroatoms. The molecule has 0 bridgehead atoms. The van der Waals surface area contributed by atoms with E-state index in [0.717, 1.165) is 17.8 Å². The molecule has 0 nitrogen and oxygen atoms in total. The summed E-state index contributed by atoms with van der Waals surface area (Å²) in [6, 6.07) is 0. The third-order valence-electron chi connectivity index (χ3n) is 3.41. The van der Waals surface area contributed by atoms with Crippen LogP contribution in [0.15, 0.2) is 12.2 Å². The Balaban J connectivity index is 2.16. The lowest BCUT2D eigenvalue weighted by atomic mass is 9.97. The lowest BCUT2D eigenvalue weighted by molar-refractivity contribution is 0.487. The van der Waals surface area contributed by atoms with Crippen LogP contribution in [-0.2, 0) is 0 Å². The highest BCUT2D eigenvalue weighted by molar-refractivity contribution is 5.18. The summed E-state index contributed by atoms with van der Waals surface area (Å²) in [6.07, 6.45) is 6.24. The highest BCUT2D eigenvalue weighted by atomic mass is 14.6. The molecule has 0 aromatic rings. The summed E-state index contributed by atoms with van der Waals surface area (Å²) in [6.45, 7) is 7.11. The quantitative estimate of drug-likeness (QED) is 0.449. The number of hydrogen-bond donors (Lipinski definition) is 0. The molecule has 0 amide bonds. The van der Waals surface area contributed by atoms with E-state index >= 15 is 0 Å². The van der Waals surface area contributed by atoms with E-state index in [4.69, 9.17) is 0 Å². The Kier molecular flexibility index (Phi) is 1.07. The fraction of sp³-hybridized carbons (Fsp3) is 0.800. The van der Waals surface area contributed by atoms with Crippen molar-refractivity contribution in [3.8, 4) is 0 Å². The largest absolute Gasteiger partial charge is 0.0854 e. The lowest BCUT2D eigenvalue weighted by Crippen LogP contribution is -1.97. The molecule has 3 atom stereocenters. The summed E-state index contributed by atoms with van der Waals surface area (Å²) in [5.74, 6) is 2.76. The normalized spacial score (nSPS) is 48.5. The van der Waals surface area contributed by atoms with Crippen LogP contribution in [0.1, 0.15) is 27.2 Å². The molecule has 0 radical (unpaired) electrons. The fourth-order valence-corrected chi connectivity index (χ4v) is 2.41. The highest BCUT2D eigenvalue weighted by Crippen LogP contribution is 2.63. The summed E-state index contributed by atoms with van der Waals surface area (Å²) in [5.41, 5.74) is 0.640. The zero-order valence-electron chi connectivity index (χ0n) is 7.09. The topological polar surface area (TPSA) is 0 Å². The standard InChI is InChI=1S/C10H16/c1-7-4-5-8-9(6-7)10(8,2)3/h4-5,7-9H,6H2,1-3H3/t7-,8-,9-/m0/s1. The van der Waals surface area contributed by atoms with E-state index in [9.17, 15) is 0 Å². The molecule has 10 heavy (non-hydrogen) atoms. The molecule has 1 saturated carbocycles. The summed E-state index contributed by atoms with van der Waals surface area (Å²) >= 11 is 0. The van der Waals surface area contributed by atoms with Crippen molar-refractivity contribution < 1.29 is 0 Å². The van der Waals surface area contributed by atoms with Gasteiger partial charge in [0.1, 0.15) is 0 Å². The van der Waals surface area contributed by atoms with Crippen molar-refractivity contribution in [3.63, 3.8) is 0 Å². The van der Waals surface area contributed by atoms with Gasteiger partial charge in [-0.05, 0) is 29.6 Å². The minimum Gasteiger partial charge on any atom is -0.0854 e. The van der Waals surface area contributed by atoms with Gasteiger partial charge in [0.25, 0.3) is 0 Å². The molecule has 0 N–H and O–H groups in total. The van der Waals surface area contributed by atoms with Crippen LogP contribution in [0.5, 0.6) is 0 Å². The lowest BCUT2D eigenvalue weighted by Gasteiger charge is -2.08. The Labute approximate surface area is 63.3 Å². The molecule has 0 aliphatic heterocycles. The van der Waals surface area contributed by atoms with Crippen LogP contribution in [0.4, 0.5) is 0 Å². The smallest absolute Gasteiger partial charge is 0.0145 e. The predicted octanol–water partition coefficient (Wildman–Crippen LogP) is 2.85. The van der Waals surface area contributed by atoms with E-state index in [2.05, 4.69) is 32.9 Å². The van der Waals surface area contributed by atoms with Crippen molar-refractivity contribution in [3.05, 3.63) is 12.2 Å². The highest BCUT2D eigenvalue weighted by Gasteiger charge is 2.56. The Morgan fingerprint density at radius 3 is 2.50 bits per heavy atom. The summed E-state index contributed by atoms with van der Waals surface area (Å²) in [7, 11) is 0. The van der Waals surface area contributed by atoms with Gasteiger partial charge in [0.2, 0.25) is 0 Å². The Bertz CT molecular complexity index is 176. The molecule has 0 saturated heterocycles. The van der Waals surface area contributed by atoms with Gasteiger partial charge in [0.15, 0.2) is 0 Å². The first-order chi connectivity index (χ1) is 4.62. The van der Waals surface area contributed by atoms with Crippen molar-refractivity contribution in [2.24, 2.45) is 23.2 Å². The van der Waals surface area contributed by atoms with E-state index in [1.165, 1.54) is 6.42 Å². The molecule has 0 aromatic carbocycles. The van der Waals surface area contributed by atoms with Gasteiger partial charge in [-0.2, -0.15) is 0 Å². The van der Waals surface area contributed by atoms with E-state index in [-0.39, 0.29) is 0 Å². The van der Waals surface area contributed by atoms with Gasteiger partial charge in [0, 0.05) is 0 Å². The minimum atomic E-state index is 0.640.